The van der Waals surface area contributed by atoms with E-state index < -0.39 is 5.69 Å². The lowest BCUT2D eigenvalue weighted by Gasteiger charge is -2.11. The quantitative estimate of drug-likeness (QED) is 0.397. The Labute approximate surface area is 170 Å². The Hall–Kier alpha value is -3.95. The predicted molar refractivity (Wildman–Crippen MR) is 110 cm³/mol. The molecule has 0 amide bonds. The lowest BCUT2D eigenvalue weighted by molar-refractivity contribution is 0.454. The minimum absolute atomic E-state index is 0.245. The summed E-state index contributed by atoms with van der Waals surface area (Å²) in [6, 6.07) is 6.29. The number of H-pyrrole nitrogens is 2. The number of aromatic hydroxyl groups is 1. The second-order valence-corrected chi connectivity index (χ2v) is 7.42. The van der Waals surface area contributed by atoms with Gasteiger partial charge in [0.2, 0.25) is 11.8 Å². The standard InChI is InChI=1S/C20H20N8O2/c1-10-4-3-5-11(2)15(10)24-18-25-16-12(8-14-17(29)26-20(30)23-14)9-21-28(16)19(27-18)22-13-6-7-13/h3-5,8-9,13,29H,6-7H2,1-2H3,(H,22,24,27)(H2,23,26,30). The number of nitrogens with zero attached hydrogens (tertiary/aromatic N) is 5. The molecule has 1 aliphatic rings. The van der Waals surface area contributed by atoms with E-state index in [0.717, 1.165) is 29.7 Å². The number of aromatic nitrogens is 6. The molecule has 0 radical (unpaired) electrons. The fourth-order valence-electron chi connectivity index (χ4n) is 3.26. The summed E-state index contributed by atoms with van der Waals surface area (Å²) < 4.78 is 1.57. The molecular formula is C20H20N8O2. The highest BCUT2D eigenvalue weighted by Gasteiger charge is 2.21. The van der Waals surface area contributed by atoms with E-state index in [1.807, 2.05) is 32.0 Å². The van der Waals surface area contributed by atoms with Crippen molar-refractivity contribution in [2.24, 2.45) is 4.99 Å². The van der Waals surface area contributed by atoms with Gasteiger partial charge in [-0.2, -0.15) is 19.6 Å². The second kappa shape index (κ2) is 6.83. The maximum atomic E-state index is 11.4. The zero-order valence-electron chi connectivity index (χ0n) is 16.5. The van der Waals surface area contributed by atoms with Gasteiger partial charge in [0, 0.05) is 10.9 Å². The van der Waals surface area contributed by atoms with Gasteiger partial charge in [-0.05, 0) is 43.9 Å². The van der Waals surface area contributed by atoms with Crippen LogP contribution in [-0.2, 0) is 0 Å². The van der Waals surface area contributed by atoms with E-state index >= 15 is 0 Å². The van der Waals surface area contributed by atoms with Gasteiger partial charge < -0.3 is 15.4 Å². The molecule has 0 unspecified atom stereocenters. The Bertz CT molecular complexity index is 1420. The normalized spacial score (nSPS) is 15.3. The van der Waals surface area contributed by atoms with Crippen LogP contribution in [0.4, 0.5) is 11.6 Å². The maximum absolute atomic E-state index is 11.4. The molecule has 5 rings (SSSR count). The first-order valence-corrected chi connectivity index (χ1v) is 9.64. The maximum Gasteiger partial charge on any atom is 0.326 e. The number of hydrogen-bond donors (Lipinski definition) is 4. The van der Waals surface area contributed by atoms with Crippen LogP contribution in [0, 0.1) is 13.8 Å². The Morgan fingerprint density at radius 1 is 1.23 bits per heavy atom. The van der Waals surface area contributed by atoms with Crippen molar-refractivity contribution in [1.29, 1.82) is 0 Å². The summed E-state index contributed by atoms with van der Waals surface area (Å²) in [4.78, 5) is 30.2. The Morgan fingerprint density at radius 3 is 2.67 bits per heavy atom. The molecule has 30 heavy (non-hydrogen) atoms. The van der Waals surface area contributed by atoms with Crippen molar-refractivity contribution in [2.75, 3.05) is 5.32 Å². The Kier molecular flexibility index (Phi) is 4.12. The number of rotatable bonds is 4. The van der Waals surface area contributed by atoms with Gasteiger partial charge in [-0.25, -0.2) is 9.79 Å². The molecule has 3 aromatic heterocycles. The largest absolute Gasteiger partial charge is 0.493 e. The summed E-state index contributed by atoms with van der Waals surface area (Å²) in [7, 11) is 0. The number of fused-ring (bicyclic) bond motifs is 1. The summed E-state index contributed by atoms with van der Waals surface area (Å²) in [6.45, 7) is 4.04. The van der Waals surface area contributed by atoms with Crippen LogP contribution in [0.5, 0.6) is 5.88 Å². The summed E-state index contributed by atoms with van der Waals surface area (Å²) in [5.74, 6) is 0.159. The van der Waals surface area contributed by atoms with E-state index in [-0.39, 0.29) is 17.6 Å². The van der Waals surface area contributed by atoms with Crippen LogP contribution in [-0.4, -0.2) is 40.7 Å². The third kappa shape index (κ3) is 3.32. The van der Waals surface area contributed by atoms with Crippen molar-refractivity contribution in [2.45, 2.75) is 32.7 Å². The van der Waals surface area contributed by atoms with Crippen LogP contribution >= 0.6 is 0 Å². The minimum Gasteiger partial charge on any atom is -0.493 e. The molecule has 0 saturated heterocycles. The fraction of sp³-hybridized carbons (Fsp3) is 0.250. The van der Waals surface area contributed by atoms with E-state index in [0.29, 0.717) is 22.4 Å². The molecule has 152 valence electrons. The van der Waals surface area contributed by atoms with E-state index in [9.17, 15) is 9.90 Å². The van der Waals surface area contributed by atoms with E-state index in [1.165, 1.54) is 0 Å². The summed E-state index contributed by atoms with van der Waals surface area (Å²) >= 11 is 0. The molecular weight excluding hydrogens is 384 g/mol. The summed E-state index contributed by atoms with van der Waals surface area (Å²) in [5, 5.41) is 18.2. The molecule has 1 fully saturated rings. The molecule has 1 aromatic carbocycles. The molecule has 0 atom stereocenters. The highest BCUT2D eigenvalue weighted by Crippen LogP contribution is 2.23. The van der Waals surface area contributed by atoms with Crippen LogP contribution in [0.3, 0.4) is 0 Å². The molecule has 4 aromatic rings. The van der Waals surface area contributed by atoms with Gasteiger partial charge in [0.05, 0.1) is 12.2 Å². The van der Waals surface area contributed by atoms with Crippen molar-refractivity contribution >= 4 is 23.4 Å². The summed E-state index contributed by atoms with van der Waals surface area (Å²) in [6.07, 6.45) is 5.27. The van der Waals surface area contributed by atoms with Crippen molar-refractivity contribution in [1.82, 2.24) is 29.5 Å². The zero-order chi connectivity index (χ0) is 20.8. The zero-order valence-corrected chi connectivity index (χ0v) is 16.5. The number of nitrogens with one attached hydrogen (secondary N) is 3. The Morgan fingerprint density at radius 2 is 2.00 bits per heavy atom. The van der Waals surface area contributed by atoms with Gasteiger partial charge in [-0.15, -0.1) is 0 Å². The second-order valence-electron chi connectivity index (χ2n) is 7.42. The Balaban J connectivity index is 1.71. The number of benzene rings is 1. The molecule has 1 aliphatic carbocycles. The molecule has 10 nitrogen and oxygen atoms in total. The highest BCUT2D eigenvalue weighted by molar-refractivity contribution is 5.64. The first kappa shape index (κ1) is 18.1. The lowest BCUT2D eigenvalue weighted by atomic mass is 10.1. The number of imidazole rings is 1. The average molecular weight is 404 g/mol. The fourth-order valence-corrected chi connectivity index (χ4v) is 3.26. The number of para-hydroxylation sites is 1. The number of aryl methyl sites for hydroxylation is 2. The van der Waals surface area contributed by atoms with Gasteiger partial charge in [0.25, 0.3) is 5.62 Å². The van der Waals surface area contributed by atoms with Gasteiger partial charge in [0.15, 0.2) is 5.65 Å². The smallest absolute Gasteiger partial charge is 0.326 e. The van der Waals surface area contributed by atoms with E-state index in [1.54, 1.807) is 16.8 Å². The molecule has 10 heteroatoms. The number of anilines is 2. The third-order valence-electron chi connectivity index (χ3n) is 4.98. The van der Waals surface area contributed by atoms with Gasteiger partial charge >= 0.3 is 5.69 Å². The van der Waals surface area contributed by atoms with Crippen LogP contribution in [0.25, 0.3) is 11.7 Å². The first-order chi connectivity index (χ1) is 14.5. The van der Waals surface area contributed by atoms with Crippen molar-refractivity contribution in [3.05, 3.63) is 62.5 Å². The molecule has 1 saturated carbocycles. The van der Waals surface area contributed by atoms with Crippen molar-refractivity contribution in [3.63, 3.8) is 0 Å². The predicted octanol–water partition coefficient (Wildman–Crippen LogP) is 0.818. The minimum atomic E-state index is -0.494. The monoisotopic (exact) mass is 404 g/mol. The van der Waals surface area contributed by atoms with Crippen LogP contribution < -0.4 is 21.8 Å². The van der Waals surface area contributed by atoms with Gasteiger partial charge in [-0.1, -0.05) is 18.2 Å². The summed E-state index contributed by atoms with van der Waals surface area (Å²) in [5.41, 5.74) is 3.83. The van der Waals surface area contributed by atoms with Crippen molar-refractivity contribution in [3.8, 4) is 5.88 Å². The van der Waals surface area contributed by atoms with E-state index in [2.05, 4.69) is 35.3 Å². The average Bonchev–Trinajstić information content (AvgIpc) is 3.34. The molecule has 0 spiro atoms. The van der Waals surface area contributed by atoms with Crippen LogP contribution in [0.2, 0.25) is 0 Å². The third-order valence-corrected chi connectivity index (χ3v) is 4.98. The highest BCUT2D eigenvalue weighted by atomic mass is 16.3. The molecule has 4 N–H and O–H groups in total. The number of hydrogen-bond acceptors (Lipinski definition) is 7. The molecule has 0 aliphatic heterocycles. The van der Waals surface area contributed by atoms with Crippen molar-refractivity contribution < 1.29 is 5.11 Å². The van der Waals surface area contributed by atoms with Crippen LogP contribution in [0.15, 0.2) is 34.2 Å². The topological polar surface area (TPSA) is 136 Å². The number of aromatic amines is 2. The van der Waals surface area contributed by atoms with Gasteiger partial charge in [-0.3, -0.25) is 4.98 Å². The SMILES string of the molecule is Cc1cccc(C)c1Nc1nc(=NC2CC2)n2ncc(=Cc3[nH]c(=O)[nH]c3O)c2n1. The molecule has 0 bridgehead atoms. The van der Waals surface area contributed by atoms with Gasteiger partial charge in [0.1, 0.15) is 5.69 Å². The van der Waals surface area contributed by atoms with E-state index in [4.69, 9.17) is 0 Å². The lowest BCUT2D eigenvalue weighted by Crippen LogP contribution is -2.24. The first-order valence-electron chi connectivity index (χ1n) is 9.64. The molecule has 3 heterocycles. The van der Waals surface area contributed by atoms with Crippen LogP contribution in [0.1, 0.15) is 29.7 Å².